The Morgan fingerprint density at radius 3 is 2.35 bits per heavy atom. The summed E-state index contributed by atoms with van der Waals surface area (Å²) in [4.78, 5) is 16.1. The van der Waals surface area contributed by atoms with Crippen molar-refractivity contribution in [1.82, 2.24) is 10.3 Å². The molecule has 0 saturated carbocycles. The third kappa shape index (κ3) is 5.74. The average molecular weight is 312 g/mol. The molecule has 0 saturated heterocycles. The first-order valence-electron chi connectivity index (χ1n) is 7.95. The quantitative estimate of drug-likeness (QED) is 0.851. The molecule has 1 heterocycles. The molecular weight excluding hydrogens is 288 g/mol. The van der Waals surface area contributed by atoms with Gasteiger partial charge in [0, 0.05) is 12.4 Å². The van der Waals surface area contributed by atoms with Gasteiger partial charge in [0.05, 0.1) is 19.1 Å². The number of hydrogen-bond acceptors (Lipinski definition) is 3. The van der Waals surface area contributed by atoms with Gasteiger partial charge in [-0.3, -0.25) is 9.78 Å². The predicted molar refractivity (Wildman–Crippen MR) is 91.3 cm³/mol. The SMILES string of the molecule is CC(C)COc1ccc(CC(=O)N[C@@H](C)c2ccncc2)cc1. The molecule has 0 aliphatic carbocycles. The molecule has 1 amide bonds. The summed E-state index contributed by atoms with van der Waals surface area (Å²) in [6.45, 7) is 6.89. The number of carbonyl (C=O) groups is 1. The monoisotopic (exact) mass is 312 g/mol. The van der Waals surface area contributed by atoms with Crippen LogP contribution in [-0.2, 0) is 11.2 Å². The highest BCUT2D eigenvalue weighted by Crippen LogP contribution is 2.15. The van der Waals surface area contributed by atoms with Crippen LogP contribution in [0.4, 0.5) is 0 Å². The molecule has 2 aromatic rings. The molecular formula is C19H24N2O2. The van der Waals surface area contributed by atoms with Gasteiger partial charge in [-0.2, -0.15) is 0 Å². The molecule has 1 atom stereocenters. The summed E-state index contributed by atoms with van der Waals surface area (Å²) in [5.41, 5.74) is 2.02. The molecule has 0 bridgehead atoms. The first kappa shape index (κ1) is 17.0. The zero-order valence-corrected chi connectivity index (χ0v) is 14.0. The van der Waals surface area contributed by atoms with E-state index in [4.69, 9.17) is 4.74 Å². The molecule has 0 aliphatic rings. The highest BCUT2D eigenvalue weighted by atomic mass is 16.5. The summed E-state index contributed by atoms with van der Waals surface area (Å²) in [5.74, 6) is 1.34. The molecule has 0 fully saturated rings. The van der Waals surface area contributed by atoms with E-state index in [2.05, 4.69) is 24.1 Å². The van der Waals surface area contributed by atoms with Crippen molar-refractivity contribution in [2.45, 2.75) is 33.2 Å². The minimum absolute atomic E-state index is 0.00478. The second-order valence-electron chi connectivity index (χ2n) is 6.10. The molecule has 1 aromatic carbocycles. The van der Waals surface area contributed by atoms with E-state index in [1.165, 1.54) is 0 Å². The molecule has 2 rings (SSSR count). The molecule has 122 valence electrons. The van der Waals surface area contributed by atoms with Crippen molar-refractivity contribution in [3.05, 3.63) is 59.9 Å². The summed E-state index contributed by atoms with van der Waals surface area (Å²) in [7, 11) is 0. The number of benzene rings is 1. The Kier molecular flexibility index (Phi) is 6.15. The maximum Gasteiger partial charge on any atom is 0.224 e. The van der Waals surface area contributed by atoms with Gasteiger partial charge in [-0.05, 0) is 48.2 Å². The molecule has 1 aromatic heterocycles. The van der Waals surface area contributed by atoms with Crippen LogP contribution in [0.15, 0.2) is 48.8 Å². The normalized spacial score (nSPS) is 12.0. The lowest BCUT2D eigenvalue weighted by molar-refractivity contribution is -0.121. The van der Waals surface area contributed by atoms with Crippen LogP contribution in [0.5, 0.6) is 5.75 Å². The summed E-state index contributed by atoms with van der Waals surface area (Å²) in [6, 6.07) is 11.5. The first-order chi connectivity index (χ1) is 11.0. The van der Waals surface area contributed by atoms with E-state index in [9.17, 15) is 4.79 Å². The first-order valence-corrected chi connectivity index (χ1v) is 7.95. The van der Waals surface area contributed by atoms with Crippen LogP contribution in [-0.4, -0.2) is 17.5 Å². The van der Waals surface area contributed by atoms with E-state index in [0.29, 0.717) is 18.9 Å². The standard InChI is InChI=1S/C19H24N2O2/c1-14(2)13-23-18-6-4-16(5-7-18)12-19(22)21-15(3)17-8-10-20-11-9-17/h4-11,14-15H,12-13H2,1-3H3,(H,21,22)/t15-/m0/s1. The Hall–Kier alpha value is -2.36. The maximum atomic E-state index is 12.1. The van der Waals surface area contributed by atoms with Crippen molar-refractivity contribution in [3.8, 4) is 5.75 Å². The van der Waals surface area contributed by atoms with Crippen molar-refractivity contribution < 1.29 is 9.53 Å². The molecule has 23 heavy (non-hydrogen) atoms. The fraction of sp³-hybridized carbons (Fsp3) is 0.368. The van der Waals surface area contributed by atoms with Gasteiger partial charge in [-0.1, -0.05) is 26.0 Å². The lowest BCUT2D eigenvalue weighted by Gasteiger charge is -2.14. The maximum absolute atomic E-state index is 12.1. The molecule has 0 unspecified atom stereocenters. The summed E-state index contributed by atoms with van der Waals surface area (Å²) in [6.07, 6.45) is 3.82. The summed E-state index contributed by atoms with van der Waals surface area (Å²) in [5, 5.41) is 3.00. The summed E-state index contributed by atoms with van der Waals surface area (Å²) < 4.78 is 5.64. The number of ether oxygens (including phenoxy) is 1. The minimum Gasteiger partial charge on any atom is -0.493 e. The van der Waals surface area contributed by atoms with Gasteiger partial charge in [-0.25, -0.2) is 0 Å². The van der Waals surface area contributed by atoms with Crippen molar-refractivity contribution in [3.63, 3.8) is 0 Å². The van der Waals surface area contributed by atoms with E-state index in [1.54, 1.807) is 12.4 Å². The third-order valence-corrected chi connectivity index (χ3v) is 3.45. The van der Waals surface area contributed by atoms with Gasteiger partial charge in [0.25, 0.3) is 0 Å². The number of hydrogen-bond donors (Lipinski definition) is 1. The van der Waals surface area contributed by atoms with Crippen LogP contribution in [0.25, 0.3) is 0 Å². The fourth-order valence-corrected chi connectivity index (χ4v) is 2.18. The smallest absolute Gasteiger partial charge is 0.224 e. The number of carbonyl (C=O) groups excluding carboxylic acids is 1. The largest absolute Gasteiger partial charge is 0.493 e. The zero-order chi connectivity index (χ0) is 16.7. The highest BCUT2D eigenvalue weighted by molar-refractivity contribution is 5.79. The lowest BCUT2D eigenvalue weighted by Crippen LogP contribution is -2.28. The molecule has 4 heteroatoms. The van der Waals surface area contributed by atoms with E-state index < -0.39 is 0 Å². The van der Waals surface area contributed by atoms with E-state index in [1.807, 2.05) is 43.3 Å². The molecule has 0 spiro atoms. The summed E-state index contributed by atoms with van der Waals surface area (Å²) >= 11 is 0. The predicted octanol–water partition coefficient (Wildman–Crippen LogP) is 3.54. The second-order valence-corrected chi connectivity index (χ2v) is 6.10. The number of pyridine rings is 1. The number of aromatic nitrogens is 1. The molecule has 1 N–H and O–H groups in total. The second kappa shape index (κ2) is 8.32. The Morgan fingerprint density at radius 1 is 1.09 bits per heavy atom. The Labute approximate surface area is 137 Å². The van der Waals surface area contributed by atoms with Crippen LogP contribution in [0.2, 0.25) is 0 Å². The number of rotatable bonds is 7. The number of nitrogens with one attached hydrogen (secondary N) is 1. The van der Waals surface area contributed by atoms with Crippen LogP contribution in [0, 0.1) is 5.92 Å². The van der Waals surface area contributed by atoms with E-state index in [-0.39, 0.29) is 11.9 Å². The average Bonchev–Trinajstić information content (AvgIpc) is 2.55. The lowest BCUT2D eigenvalue weighted by atomic mass is 10.1. The molecule has 0 aliphatic heterocycles. The van der Waals surface area contributed by atoms with Crippen molar-refractivity contribution >= 4 is 5.91 Å². The van der Waals surface area contributed by atoms with Gasteiger partial charge in [0.2, 0.25) is 5.91 Å². The van der Waals surface area contributed by atoms with Gasteiger partial charge in [0.1, 0.15) is 5.75 Å². The minimum atomic E-state index is -0.0286. The van der Waals surface area contributed by atoms with Crippen molar-refractivity contribution in [2.75, 3.05) is 6.61 Å². The van der Waals surface area contributed by atoms with E-state index >= 15 is 0 Å². The van der Waals surface area contributed by atoms with Gasteiger partial charge < -0.3 is 10.1 Å². The Balaban J connectivity index is 1.85. The Bertz CT molecular complexity index is 609. The van der Waals surface area contributed by atoms with Gasteiger partial charge in [0.15, 0.2) is 0 Å². The Morgan fingerprint density at radius 2 is 1.74 bits per heavy atom. The topological polar surface area (TPSA) is 51.2 Å². The highest BCUT2D eigenvalue weighted by Gasteiger charge is 2.10. The van der Waals surface area contributed by atoms with Crippen LogP contribution in [0.1, 0.15) is 37.9 Å². The van der Waals surface area contributed by atoms with Gasteiger partial charge in [-0.15, -0.1) is 0 Å². The molecule has 0 radical (unpaired) electrons. The van der Waals surface area contributed by atoms with Crippen LogP contribution >= 0.6 is 0 Å². The number of amides is 1. The van der Waals surface area contributed by atoms with E-state index in [0.717, 1.165) is 16.9 Å². The van der Waals surface area contributed by atoms with Crippen LogP contribution in [0.3, 0.4) is 0 Å². The zero-order valence-electron chi connectivity index (χ0n) is 14.0. The fourth-order valence-electron chi connectivity index (χ4n) is 2.18. The number of nitrogens with zero attached hydrogens (tertiary/aromatic N) is 1. The van der Waals surface area contributed by atoms with Gasteiger partial charge >= 0.3 is 0 Å². The van der Waals surface area contributed by atoms with Crippen molar-refractivity contribution in [1.29, 1.82) is 0 Å². The van der Waals surface area contributed by atoms with Crippen LogP contribution < -0.4 is 10.1 Å². The van der Waals surface area contributed by atoms with Crippen molar-refractivity contribution in [2.24, 2.45) is 5.92 Å². The third-order valence-electron chi connectivity index (χ3n) is 3.45. The molecule has 4 nitrogen and oxygen atoms in total.